The third-order valence-corrected chi connectivity index (χ3v) is 3.86. The molecule has 0 amide bonds. The first-order chi connectivity index (χ1) is 9.67. The van der Waals surface area contributed by atoms with Crippen molar-refractivity contribution in [2.24, 2.45) is 11.7 Å². The number of para-hydroxylation sites is 1. The molecule has 1 aromatic rings. The van der Waals surface area contributed by atoms with Crippen molar-refractivity contribution < 1.29 is 9.53 Å². The zero-order chi connectivity index (χ0) is 14.5. The molecule has 0 saturated heterocycles. The Labute approximate surface area is 120 Å². The van der Waals surface area contributed by atoms with Crippen molar-refractivity contribution >= 4 is 11.7 Å². The lowest BCUT2D eigenvalue weighted by Gasteiger charge is -2.23. The molecule has 4 nitrogen and oxygen atoms in total. The van der Waals surface area contributed by atoms with Crippen LogP contribution >= 0.6 is 0 Å². The lowest BCUT2D eigenvalue weighted by molar-refractivity contribution is -0.147. The molecule has 20 heavy (non-hydrogen) atoms. The van der Waals surface area contributed by atoms with E-state index in [2.05, 4.69) is 23.1 Å². The van der Waals surface area contributed by atoms with Crippen molar-refractivity contribution in [1.29, 1.82) is 0 Å². The van der Waals surface area contributed by atoms with E-state index in [1.54, 1.807) is 0 Å². The topological polar surface area (TPSA) is 55.6 Å². The highest BCUT2D eigenvalue weighted by atomic mass is 16.5. The third kappa shape index (κ3) is 3.12. The van der Waals surface area contributed by atoms with Gasteiger partial charge in [-0.15, -0.1) is 0 Å². The molecule has 0 bridgehead atoms. The maximum atomic E-state index is 11.8. The van der Waals surface area contributed by atoms with Gasteiger partial charge in [0, 0.05) is 24.7 Å². The van der Waals surface area contributed by atoms with Gasteiger partial charge in [0.15, 0.2) is 0 Å². The number of esters is 1. The molecule has 0 fully saturated rings. The number of nitrogens with two attached hydrogens (primary N) is 1. The zero-order valence-corrected chi connectivity index (χ0v) is 12.3. The Hall–Kier alpha value is -1.55. The van der Waals surface area contributed by atoms with Crippen LogP contribution in [0.3, 0.4) is 0 Å². The summed E-state index contributed by atoms with van der Waals surface area (Å²) in [5.74, 6) is 0.248. The van der Waals surface area contributed by atoms with Crippen LogP contribution in [0.2, 0.25) is 0 Å². The van der Waals surface area contributed by atoms with E-state index in [0.717, 1.165) is 13.0 Å². The Morgan fingerprint density at radius 2 is 2.25 bits per heavy atom. The minimum atomic E-state index is -0.118. The van der Waals surface area contributed by atoms with E-state index < -0.39 is 0 Å². The van der Waals surface area contributed by atoms with Gasteiger partial charge in [0.1, 0.15) is 0 Å². The lowest BCUT2D eigenvalue weighted by Crippen LogP contribution is -2.32. The highest BCUT2D eigenvalue weighted by Gasteiger charge is 2.29. The predicted octanol–water partition coefficient (Wildman–Crippen LogP) is 2.14. The van der Waals surface area contributed by atoms with Gasteiger partial charge in [-0.05, 0) is 31.5 Å². The molecular formula is C16H24N2O2. The van der Waals surface area contributed by atoms with Crippen LogP contribution in [0.25, 0.3) is 0 Å². The molecule has 0 saturated carbocycles. The first-order valence-corrected chi connectivity index (χ1v) is 7.38. The maximum Gasteiger partial charge on any atom is 0.310 e. The van der Waals surface area contributed by atoms with Crippen LogP contribution in [-0.2, 0) is 9.53 Å². The van der Waals surface area contributed by atoms with Crippen LogP contribution in [0.5, 0.6) is 0 Å². The molecule has 110 valence electrons. The Bertz CT molecular complexity index is 462. The molecule has 0 aliphatic carbocycles. The summed E-state index contributed by atoms with van der Waals surface area (Å²) in [5, 5.41) is 0. The van der Waals surface area contributed by atoms with E-state index >= 15 is 0 Å². The van der Waals surface area contributed by atoms with Crippen molar-refractivity contribution in [3.05, 3.63) is 29.8 Å². The first kappa shape index (κ1) is 14.9. The van der Waals surface area contributed by atoms with Crippen LogP contribution < -0.4 is 10.6 Å². The van der Waals surface area contributed by atoms with Crippen molar-refractivity contribution in [2.75, 3.05) is 31.1 Å². The van der Waals surface area contributed by atoms with Gasteiger partial charge in [-0.2, -0.15) is 0 Å². The highest BCUT2D eigenvalue weighted by Crippen LogP contribution is 2.37. The number of ether oxygens (including phenoxy) is 1. The van der Waals surface area contributed by atoms with Gasteiger partial charge in [-0.1, -0.05) is 25.1 Å². The normalized spacial score (nSPS) is 18.8. The highest BCUT2D eigenvalue weighted by molar-refractivity contribution is 5.73. The Kier molecular flexibility index (Phi) is 5.01. The summed E-state index contributed by atoms with van der Waals surface area (Å²) >= 11 is 0. The van der Waals surface area contributed by atoms with Crippen LogP contribution in [0.1, 0.15) is 31.7 Å². The molecule has 2 N–H and O–H groups in total. The average molecular weight is 276 g/mol. The minimum absolute atomic E-state index is 0.111. The zero-order valence-electron chi connectivity index (χ0n) is 12.3. The summed E-state index contributed by atoms with van der Waals surface area (Å²) in [4.78, 5) is 14.1. The van der Waals surface area contributed by atoms with E-state index in [1.807, 2.05) is 19.9 Å². The Morgan fingerprint density at radius 1 is 1.50 bits per heavy atom. The summed E-state index contributed by atoms with van der Waals surface area (Å²) < 4.78 is 5.09. The summed E-state index contributed by atoms with van der Waals surface area (Å²) in [6.07, 6.45) is 0.987. The number of hydrogen-bond acceptors (Lipinski definition) is 4. The number of anilines is 1. The SMILES string of the molecule is CCOC(=O)C(C)CN1CC(CCN)c2ccccc21. The fraction of sp³-hybridized carbons (Fsp3) is 0.562. The van der Waals surface area contributed by atoms with E-state index in [1.165, 1.54) is 11.3 Å². The summed E-state index contributed by atoms with van der Waals surface area (Å²) in [5.41, 5.74) is 8.30. The smallest absolute Gasteiger partial charge is 0.310 e. The van der Waals surface area contributed by atoms with E-state index in [-0.39, 0.29) is 11.9 Å². The molecule has 2 unspecified atom stereocenters. The fourth-order valence-corrected chi connectivity index (χ4v) is 2.89. The number of hydrogen-bond donors (Lipinski definition) is 1. The maximum absolute atomic E-state index is 11.8. The third-order valence-electron chi connectivity index (χ3n) is 3.86. The molecule has 0 radical (unpaired) electrons. The second kappa shape index (κ2) is 6.75. The number of fused-ring (bicyclic) bond motifs is 1. The molecule has 2 rings (SSSR count). The minimum Gasteiger partial charge on any atom is -0.466 e. The summed E-state index contributed by atoms with van der Waals surface area (Å²) in [6.45, 7) is 6.55. The van der Waals surface area contributed by atoms with Gasteiger partial charge in [-0.3, -0.25) is 4.79 Å². The number of carbonyl (C=O) groups excluding carboxylic acids is 1. The number of carbonyl (C=O) groups is 1. The van der Waals surface area contributed by atoms with E-state index in [0.29, 0.717) is 25.6 Å². The standard InChI is InChI=1S/C16H24N2O2/c1-3-20-16(19)12(2)10-18-11-13(8-9-17)14-6-4-5-7-15(14)18/h4-7,12-13H,3,8-11,17H2,1-2H3. The average Bonchev–Trinajstić information content (AvgIpc) is 2.78. The van der Waals surface area contributed by atoms with Crippen LogP contribution in [-0.4, -0.2) is 32.2 Å². The number of benzene rings is 1. The molecule has 2 atom stereocenters. The summed E-state index contributed by atoms with van der Waals surface area (Å²) in [6, 6.07) is 8.42. The van der Waals surface area contributed by atoms with Crippen molar-refractivity contribution in [1.82, 2.24) is 0 Å². The number of nitrogens with zero attached hydrogens (tertiary/aromatic N) is 1. The van der Waals surface area contributed by atoms with Gasteiger partial charge < -0.3 is 15.4 Å². The van der Waals surface area contributed by atoms with Crippen LogP contribution in [0, 0.1) is 5.92 Å². The van der Waals surface area contributed by atoms with E-state index in [9.17, 15) is 4.79 Å². The largest absolute Gasteiger partial charge is 0.466 e. The number of rotatable bonds is 6. The molecule has 1 aromatic carbocycles. The summed E-state index contributed by atoms with van der Waals surface area (Å²) in [7, 11) is 0. The van der Waals surface area contributed by atoms with Gasteiger partial charge in [0.05, 0.1) is 12.5 Å². The predicted molar refractivity (Wildman–Crippen MR) is 80.9 cm³/mol. The Morgan fingerprint density at radius 3 is 2.95 bits per heavy atom. The van der Waals surface area contributed by atoms with Crippen molar-refractivity contribution in [3.63, 3.8) is 0 Å². The molecule has 4 heteroatoms. The van der Waals surface area contributed by atoms with Gasteiger partial charge in [0.25, 0.3) is 0 Å². The molecular weight excluding hydrogens is 252 g/mol. The van der Waals surface area contributed by atoms with Crippen molar-refractivity contribution in [3.8, 4) is 0 Å². The fourth-order valence-electron chi connectivity index (χ4n) is 2.89. The van der Waals surface area contributed by atoms with Gasteiger partial charge >= 0.3 is 5.97 Å². The lowest BCUT2D eigenvalue weighted by atomic mass is 9.98. The van der Waals surface area contributed by atoms with Crippen molar-refractivity contribution in [2.45, 2.75) is 26.2 Å². The van der Waals surface area contributed by atoms with Crippen LogP contribution in [0.15, 0.2) is 24.3 Å². The quantitative estimate of drug-likeness (QED) is 0.809. The Balaban J connectivity index is 2.08. The second-order valence-electron chi connectivity index (χ2n) is 5.39. The van der Waals surface area contributed by atoms with Crippen LogP contribution in [0.4, 0.5) is 5.69 Å². The molecule has 1 aliphatic rings. The van der Waals surface area contributed by atoms with Gasteiger partial charge in [0.2, 0.25) is 0 Å². The molecule has 0 spiro atoms. The monoisotopic (exact) mass is 276 g/mol. The molecule has 0 aromatic heterocycles. The first-order valence-electron chi connectivity index (χ1n) is 7.38. The second-order valence-corrected chi connectivity index (χ2v) is 5.39. The van der Waals surface area contributed by atoms with Gasteiger partial charge in [-0.25, -0.2) is 0 Å². The van der Waals surface area contributed by atoms with E-state index in [4.69, 9.17) is 10.5 Å². The molecule has 1 heterocycles. The molecule has 1 aliphatic heterocycles.